The molecule has 0 spiro atoms. The van der Waals surface area contributed by atoms with E-state index in [1.165, 1.54) is 6.07 Å². The summed E-state index contributed by atoms with van der Waals surface area (Å²) >= 11 is 0. The maximum Gasteiger partial charge on any atom is 0.132 e. The van der Waals surface area contributed by atoms with Gasteiger partial charge in [-0.2, -0.15) is 0 Å². The number of hydrogen-bond acceptors (Lipinski definition) is 1. The molecule has 14 heavy (non-hydrogen) atoms. The summed E-state index contributed by atoms with van der Waals surface area (Å²) in [4.78, 5) is 2.99. The molecule has 0 saturated heterocycles. The first kappa shape index (κ1) is 8.97. The molecule has 2 aromatic rings. The average Bonchev–Trinajstić information content (AvgIpc) is 2.67. The van der Waals surface area contributed by atoms with Crippen LogP contribution < -0.4 is 5.73 Å². The molecule has 2 nitrogen and oxygen atoms in total. The molecule has 1 heterocycles. The Hall–Kier alpha value is -1.61. The van der Waals surface area contributed by atoms with Crippen molar-refractivity contribution in [2.45, 2.75) is 6.54 Å². The van der Waals surface area contributed by atoms with Crippen LogP contribution in [-0.4, -0.2) is 4.98 Å². The first-order valence-corrected chi connectivity index (χ1v) is 4.43. The highest BCUT2D eigenvalue weighted by Crippen LogP contribution is 2.21. The van der Waals surface area contributed by atoms with Gasteiger partial charge >= 0.3 is 0 Å². The van der Waals surface area contributed by atoms with E-state index >= 15 is 0 Å². The van der Waals surface area contributed by atoms with E-state index in [9.17, 15) is 4.39 Å². The van der Waals surface area contributed by atoms with Gasteiger partial charge in [-0.15, -0.1) is 0 Å². The van der Waals surface area contributed by atoms with Gasteiger partial charge in [0.05, 0.1) is 0 Å². The van der Waals surface area contributed by atoms with Crippen LogP contribution in [0.4, 0.5) is 4.39 Å². The van der Waals surface area contributed by atoms with E-state index in [2.05, 4.69) is 4.98 Å². The van der Waals surface area contributed by atoms with Crippen LogP contribution in [0.2, 0.25) is 0 Å². The molecule has 0 radical (unpaired) electrons. The zero-order valence-electron chi connectivity index (χ0n) is 7.63. The maximum atomic E-state index is 13.3. The fourth-order valence-corrected chi connectivity index (χ4v) is 1.39. The molecule has 0 aliphatic carbocycles. The third kappa shape index (κ3) is 1.54. The van der Waals surface area contributed by atoms with Gasteiger partial charge in [0.1, 0.15) is 5.82 Å². The molecule has 0 aliphatic heterocycles. The highest BCUT2D eigenvalue weighted by molar-refractivity contribution is 5.60. The number of nitrogens with one attached hydrogen (secondary N) is 1. The summed E-state index contributed by atoms with van der Waals surface area (Å²) in [5, 5.41) is 0. The predicted molar refractivity (Wildman–Crippen MR) is 54.1 cm³/mol. The molecule has 72 valence electrons. The summed E-state index contributed by atoms with van der Waals surface area (Å²) in [5.74, 6) is -0.224. The Morgan fingerprint density at radius 1 is 1.29 bits per heavy atom. The second-order valence-corrected chi connectivity index (χ2v) is 3.11. The van der Waals surface area contributed by atoms with Crippen molar-refractivity contribution in [3.63, 3.8) is 0 Å². The van der Waals surface area contributed by atoms with Crippen molar-refractivity contribution in [3.05, 3.63) is 47.9 Å². The van der Waals surface area contributed by atoms with Crippen molar-refractivity contribution in [3.8, 4) is 11.3 Å². The van der Waals surface area contributed by atoms with Gasteiger partial charge in [0.15, 0.2) is 0 Å². The quantitative estimate of drug-likeness (QED) is 0.749. The highest BCUT2D eigenvalue weighted by atomic mass is 19.1. The van der Waals surface area contributed by atoms with Crippen LogP contribution in [0, 0.1) is 5.82 Å². The summed E-state index contributed by atoms with van der Waals surface area (Å²) in [6.07, 6.45) is 1.79. The van der Waals surface area contributed by atoms with Crippen LogP contribution in [-0.2, 0) is 6.54 Å². The van der Waals surface area contributed by atoms with Gasteiger partial charge in [0.25, 0.3) is 0 Å². The van der Waals surface area contributed by atoms with E-state index in [-0.39, 0.29) is 5.82 Å². The lowest BCUT2D eigenvalue weighted by molar-refractivity contribution is 0.631. The van der Waals surface area contributed by atoms with Crippen molar-refractivity contribution in [2.24, 2.45) is 5.73 Å². The second-order valence-electron chi connectivity index (χ2n) is 3.11. The van der Waals surface area contributed by atoms with E-state index in [4.69, 9.17) is 5.73 Å². The fourth-order valence-electron chi connectivity index (χ4n) is 1.39. The third-order valence-corrected chi connectivity index (χ3v) is 2.14. The van der Waals surface area contributed by atoms with Gasteiger partial charge in [-0.25, -0.2) is 4.39 Å². The van der Waals surface area contributed by atoms with Gasteiger partial charge < -0.3 is 10.7 Å². The van der Waals surface area contributed by atoms with E-state index in [0.717, 1.165) is 11.3 Å². The number of aromatic amines is 1. The Kier molecular flexibility index (Phi) is 2.33. The second kappa shape index (κ2) is 3.64. The number of hydrogen-bond donors (Lipinski definition) is 2. The molecule has 0 fully saturated rings. The number of halogens is 1. The smallest absolute Gasteiger partial charge is 0.132 e. The predicted octanol–water partition coefficient (Wildman–Crippen LogP) is 2.28. The summed E-state index contributed by atoms with van der Waals surface area (Å²) in [6, 6.07) is 8.52. The molecule has 0 aliphatic rings. The molecule has 1 aromatic carbocycles. The minimum atomic E-state index is -0.224. The summed E-state index contributed by atoms with van der Waals surface area (Å²) in [6.45, 7) is 0.463. The monoisotopic (exact) mass is 190 g/mol. The lowest BCUT2D eigenvalue weighted by atomic mass is 10.1. The molecule has 0 unspecified atom stereocenters. The van der Waals surface area contributed by atoms with E-state index in [0.29, 0.717) is 12.1 Å². The number of aromatic nitrogens is 1. The lowest BCUT2D eigenvalue weighted by Gasteiger charge is -1.98. The number of benzene rings is 1. The van der Waals surface area contributed by atoms with Gasteiger partial charge in [0, 0.05) is 24.0 Å². The molecular formula is C11H11FN2. The Bertz CT molecular complexity index is 434. The van der Waals surface area contributed by atoms with E-state index in [1.807, 2.05) is 6.07 Å². The molecule has 0 atom stereocenters. The van der Waals surface area contributed by atoms with Crippen LogP contribution in [0.3, 0.4) is 0 Å². The van der Waals surface area contributed by atoms with Crippen LogP contribution >= 0.6 is 0 Å². The van der Waals surface area contributed by atoms with Crippen molar-refractivity contribution < 1.29 is 4.39 Å². The summed E-state index contributed by atoms with van der Waals surface area (Å²) in [5.41, 5.74) is 7.78. The molecule has 0 saturated carbocycles. The van der Waals surface area contributed by atoms with Crippen molar-refractivity contribution in [1.82, 2.24) is 4.98 Å². The zero-order valence-corrected chi connectivity index (χ0v) is 7.63. The molecule has 0 bridgehead atoms. The molecular weight excluding hydrogens is 179 g/mol. The topological polar surface area (TPSA) is 41.8 Å². The molecule has 2 rings (SSSR count). The van der Waals surface area contributed by atoms with Crippen molar-refractivity contribution >= 4 is 0 Å². The lowest BCUT2D eigenvalue weighted by Crippen LogP contribution is -1.92. The van der Waals surface area contributed by atoms with Crippen LogP contribution in [0.25, 0.3) is 11.3 Å². The van der Waals surface area contributed by atoms with Gasteiger partial charge in [-0.3, -0.25) is 0 Å². The van der Waals surface area contributed by atoms with E-state index < -0.39 is 0 Å². The molecule has 0 amide bonds. The molecule has 3 heteroatoms. The molecule has 3 N–H and O–H groups in total. The van der Waals surface area contributed by atoms with Crippen molar-refractivity contribution in [2.75, 3.05) is 0 Å². The highest BCUT2D eigenvalue weighted by Gasteiger charge is 2.05. The SMILES string of the molecule is NCc1c[nH]c(-c2ccccc2F)c1. The Balaban J connectivity index is 2.44. The average molecular weight is 190 g/mol. The van der Waals surface area contributed by atoms with Gasteiger partial charge in [-0.05, 0) is 23.8 Å². The van der Waals surface area contributed by atoms with Gasteiger partial charge in [0.2, 0.25) is 0 Å². The number of nitrogens with two attached hydrogens (primary N) is 1. The van der Waals surface area contributed by atoms with E-state index in [1.54, 1.807) is 24.4 Å². The normalized spacial score (nSPS) is 10.4. The standard InChI is InChI=1S/C11H11FN2/c12-10-4-2-1-3-9(10)11-5-8(6-13)7-14-11/h1-5,7,14H,6,13H2. The Morgan fingerprint density at radius 2 is 2.07 bits per heavy atom. The van der Waals surface area contributed by atoms with Crippen molar-refractivity contribution in [1.29, 1.82) is 0 Å². The van der Waals surface area contributed by atoms with Crippen LogP contribution in [0.15, 0.2) is 36.5 Å². The van der Waals surface area contributed by atoms with Crippen LogP contribution in [0.5, 0.6) is 0 Å². The Labute approximate surface area is 81.6 Å². The van der Waals surface area contributed by atoms with Gasteiger partial charge in [-0.1, -0.05) is 12.1 Å². The first-order chi connectivity index (χ1) is 6.81. The Morgan fingerprint density at radius 3 is 2.71 bits per heavy atom. The minimum Gasteiger partial charge on any atom is -0.361 e. The summed E-state index contributed by atoms with van der Waals surface area (Å²) < 4.78 is 13.3. The minimum absolute atomic E-state index is 0.224. The van der Waals surface area contributed by atoms with Crippen LogP contribution in [0.1, 0.15) is 5.56 Å². The number of H-pyrrole nitrogens is 1. The zero-order chi connectivity index (χ0) is 9.97. The summed E-state index contributed by atoms with van der Waals surface area (Å²) in [7, 11) is 0. The first-order valence-electron chi connectivity index (χ1n) is 4.43. The largest absolute Gasteiger partial charge is 0.361 e. The molecule has 1 aromatic heterocycles. The number of rotatable bonds is 2. The fraction of sp³-hybridized carbons (Fsp3) is 0.0909. The maximum absolute atomic E-state index is 13.3. The third-order valence-electron chi connectivity index (χ3n) is 2.14.